The predicted molar refractivity (Wildman–Crippen MR) is 96.0 cm³/mol. The third-order valence-electron chi connectivity index (χ3n) is 4.50. The highest BCUT2D eigenvalue weighted by atomic mass is 32.2. The van der Waals surface area contributed by atoms with Crippen molar-refractivity contribution in [1.82, 2.24) is 9.55 Å². The van der Waals surface area contributed by atoms with Crippen LogP contribution in [0, 0.1) is 5.92 Å². The average molecular weight is 374 g/mol. The summed E-state index contributed by atoms with van der Waals surface area (Å²) in [6.07, 6.45) is 6.27. The number of rotatable bonds is 5. The van der Waals surface area contributed by atoms with Gasteiger partial charge >= 0.3 is 0 Å². The summed E-state index contributed by atoms with van der Waals surface area (Å²) in [7, 11) is -1.79. The first-order valence-corrected chi connectivity index (χ1v) is 10.1. The first-order chi connectivity index (χ1) is 12.3. The molecule has 7 nitrogen and oxygen atoms in total. The van der Waals surface area contributed by atoms with Crippen molar-refractivity contribution >= 4 is 20.9 Å². The maximum atomic E-state index is 12.2. The van der Waals surface area contributed by atoms with Crippen molar-refractivity contribution < 1.29 is 17.6 Å². The van der Waals surface area contributed by atoms with Gasteiger partial charge in [0.1, 0.15) is 11.3 Å². The van der Waals surface area contributed by atoms with Gasteiger partial charge in [-0.25, -0.2) is 13.4 Å². The van der Waals surface area contributed by atoms with Crippen LogP contribution in [-0.2, 0) is 16.9 Å². The predicted octanol–water partition coefficient (Wildman–Crippen LogP) is 2.39. The van der Waals surface area contributed by atoms with Crippen LogP contribution < -0.4 is 10.3 Å². The first kappa shape index (κ1) is 16.8. The minimum absolute atomic E-state index is 0.128. The van der Waals surface area contributed by atoms with Gasteiger partial charge < -0.3 is 13.7 Å². The standard InChI is InChI=1S/C18H18N2O5S/c1-20-8-14(16-17(18(20)21)25-10-19-16)13-7-12(26(2,22)23)5-6-15(13)24-9-11-3-4-11/h5-8,10-11H,3-4,9H2,1-2H3. The molecule has 136 valence electrons. The van der Waals surface area contributed by atoms with E-state index in [2.05, 4.69) is 4.98 Å². The van der Waals surface area contributed by atoms with Crippen molar-refractivity contribution in [3.05, 3.63) is 41.1 Å². The summed E-state index contributed by atoms with van der Waals surface area (Å²) in [5.74, 6) is 1.11. The van der Waals surface area contributed by atoms with Crippen LogP contribution in [-0.4, -0.2) is 30.8 Å². The Hall–Kier alpha value is -2.61. The fourth-order valence-corrected chi connectivity index (χ4v) is 3.48. The van der Waals surface area contributed by atoms with Crippen LogP contribution in [0.3, 0.4) is 0 Å². The molecule has 0 unspecified atom stereocenters. The maximum absolute atomic E-state index is 12.2. The molecular weight excluding hydrogens is 356 g/mol. The van der Waals surface area contributed by atoms with Crippen molar-refractivity contribution in [2.75, 3.05) is 12.9 Å². The van der Waals surface area contributed by atoms with Gasteiger partial charge in [-0.1, -0.05) is 0 Å². The smallest absolute Gasteiger partial charge is 0.295 e. The zero-order valence-electron chi connectivity index (χ0n) is 14.4. The van der Waals surface area contributed by atoms with Crippen molar-refractivity contribution in [2.45, 2.75) is 17.7 Å². The molecule has 1 aromatic carbocycles. The largest absolute Gasteiger partial charge is 0.493 e. The van der Waals surface area contributed by atoms with Gasteiger partial charge in [-0.15, -0.1) is 0 Å². The Labute approximate surface area is 150 Å². The van der Waals surface area contributed by atoms with E-state index in [9.17, 15) is 13.2 Å². The summed E-state index contributed by atoms with van der Waals surface area (Å²) in [6.45, 7) is 0.582. The summed E-state index contributed by atoms with van der Waals surface area (Å²) in [5.41, 5.74) is 1.37. The number of hydrogen-bond donors (Lipinski definition) is 0. The molecule has 1 aliphatic carbocycles. The molecule has 0 radical (unpaired) electrons. The lowest BCUT2D eigenvalue weighted by Crippen LogP contribution is -2.16. The molecular formula is C18H18N2O5S. The third kappa shape index (κ3) is 3.01. The molecule has 2 heterocycles. The highest BCUT2D eigenvalue weighted by Crippen LogP contribution is 2.37. The summed E-state index contributed by atoms with van der Waals surface area (Å²) < 4.78 is 36.6. The van der Waals surface area contributed by atoms with Gasteiger partial charge in [0.25, 0.3) is 5.56 Å². The molecule has 1 saturated carbocycles. The van der Waals surface area contributed by atoms with E-state index in [1.165, 1.54) is 17.0 Å². The summed E-state index contributed by atoms with van der Waals surface area (Å²) in [5, 5.41) is 0. The van der Waals surface area contributed by atoms with Crippen molar-refractivity contribution in [3.8, 4) is 16.9 Å². The molecule has 0 amide bonds. The highest BCUT2D eigenvalue weighted by molar-refractivity contribution is 7.90. The number of benzene rings is 1. The van der Waals surface area contributed by atoms with E-state index >= 15 is 0 Å². The number of nitrogens with zero attached hydrogens (tertiary/aromatic N) is 2. The van der Waals surface area contributed by atoms with Crippen LogP contribution in [0.5, 0.6) is 5.75 Å². The maximum Gasteiger partial charge on any atom is 0.295 e. The molecule has 0 saturated heterocycles. The van der Waals surface area contributed by atoms with Crippen LogP contribution in [0.25, 0.3) is 22.2 Å². The second kappa shape index (κ2) is 5.98. The number of fused-ring (bicyclic) bond motifs is 1. The molecule has 1 fully saturated rings. The number of oxazole rings is 1. The van der Waals surface area contributed by atoms with E-state index in [-0.39, 0.29) is 16.0 Å². The topological polar surface area (TPSA) is 91.4 Å². The summed E-state index contributed by atoms with van der Waals surface area (Å²) in [4.78, 5) is 16.5. The Morgan fingerprint density at radius 1 is 1.31 bits per heavy atom. The highest BCUT2D eigenvalue weighted by Gasteiger charge is 2.24. The van der Waals surface area contributed by atoms with E-state index in [1.54, 1.807) is 25.4 Å². The Morgan fingerprint density at radius 2 is 2.08 bits per heavy atom. The average Bonchev–Trinajstić information content (AvgIpc) is 3.29. The lowest BCUT2D eigenvalue weighted by Gasteiger charge is -2.14. The molecule has 0 aliphatic heterocycles. The van der Waals surface area contributed by atoms with E-state index < -0.39 is 9.84 Å². The zero-order valence-corrected chi connectivity index (χ0v) is 15.2. The number of sulfone groups is 1. The Balaban J connectivity index is 1.94. The number of aryl methyl sites for hydroxylation is 1. The Kier molecular flexibility index (Phi) is 3.87. The van der Waals surface area contributed by atoms with Gasteiger partial charge in [-0.05, 0) is 37.0 Å². The minimum Gasteiger partial charge on any atom is -0.493 e. The van der Waals surface area contributed by atoms with Crippen molar-refractivity contribution in [1.29, 1.82) is 0 Å². The Bertz CT molecular complexity index is 1160. The molecule has 8 heteroatoms. The molecule has 4 rings (SSSR count). The lowest BCUT2D eigenvalue weighted by molar-refractivity contribution is 0.301. The Morgan fingerprint density at radius 3 is 2.77 bits per heavy atom. The normalized spacial score (nSPS) is 14.7. The molecule has 0 spiro atoms. The summed E-state index contributed by atoms with van der Waals surface area (Å²) >= 11 is 0. The molecule has 0 atom stereocenters. The van der Waals surface area contributed by atoms with Crippen molar-refractivity contribution in [3.63, 3.8) is 0 Å². The van der Waals surface area contributed by atoms with Crippen LogP contribution >= 0.6 is 0 Å². The van der Waals surface area contributed by atoms with Crippen molar-refractivity contribution in [2.24, 2.45) is 13.0 Å². The zero-order chi connectivity index (χ0) is 18.5. The quantitative estimate of drug-likeness (QED) is 0.681. The SMILES string of the molecule is Cn1cc(-c2cc(S(C)(=O)=O)ccc2OCC2CC2)c2ncoc2c1=O. The minimum atomic E-state index is -3.40. The summed E-state index contributed by atoms with van der Waals surface area (Å²) in [6, 6.07) is 4.75. The third-order valence-corrected chi connectivity index (χ3v) is 5.61. The number of hydrogen-bond acceptors (Lipinski definition) is 6. The van der Waals surface area contributed by atoms with Gasteiger partial charge in [0.05, 0.1) is 11.5 Å². The second-order valence-electron chi connectivity index (χ2n) is 6.67. The van der Waals surface area contributed by atoms with E-state index in [1.807, 2.05) is 0 Å². The van der Waals surface area contributed by atoms with E-state index in [0.29, 0.717) is 34.9 Å². The molecule has 0 N–H and O–H groups in total. The molecule has 1 aliphatic rings. The molecule has 26 heavy (non-hydrogen) atoms. The molecule has 3 aromatic rings. The van der Waals surface area contributed by atoms with Crippen LogP contribution in [0.15, 0.2) is 44.9 Å². The number of aromatic nitrogens is 2. The van der Waals surface area contributed by atoms with Gasteiger partial charge in [-0.2, -0.15) is 0 Å². The molecule has 0 bridgehead atoms. The van der Waals surface area contributed by atoms with E-state index in [4.69, 9.17) is 9.15 Å². The fourth-order valence-electron chi connectivity index (χ4n) is 2.83. The number of ether oxygens (including phenoxy) is 1. The van der Waals surface area contributed by atoms with Gasteiger partial charge in [-0.3, -0.25) is 4.79 Å². The monoisotopic (exact) mass is 374 g/mol. The molecule has 2 aromatic heterocycles. The van der Waals surface area contributed by atoms with E-state index in [0.717, 1.165) is 19.1 Å². The van der Waals surface area contributed by atoms with Crippen LogP contribution in [0.4, 0.5) is 0 Å². The first-order valence-electron chi connectivity index (χ1n) is 8.24. The van der Waals surface area contributed by atoms with Gasteiger partial charge in [0.2, 0.25) is 5.58 Å². The lowest BCUT2D eigenvalue weighted by atomic mass is 10.1. The second-order valence-corrected chi connectivity index (χ2v) is 8.69. The van der Waals surface area contributed by atoms with Crippen LogP contribution in [0.1, 0.15) is 12.8 Å². The van der Waals surface area contributed by atoms with Gasteiger partial charge in [0, 0.05) is 30.6 Å². The van der Waals surface area contributed by atoms with Crippen LogP contribution in [0.2, 0.25) is 0 Å². The fraction of sp³-hybridized carbons (Fsp3) is 0.333. The van der Waals surface area contributed by atoms with Gasteiger partial charge in [0.15, 0.2) is 16.2 Å². The number of pyridine rings is 1.